The van der Waals surface area contributed by atoms with Crippen molar-refractivity contribution in [1.82, 2.24) is 5.32 Å². The third-order valence-electron chi connectivity index (χ3n) is 4.18. The Morgan fingerprint density at radius 1 is 1.47 bits per heavy atom. The average molecular weight is 260 g/mol. The van der Waals surface area contributed by atoms with Gasteiger partial charge >= 0.3 is 0 Å². The lowest BCUT2D eigenvalue weighted by molar-refractivity contribution is 0.121. The Bertz CT molecular complexity index is 235. The maximum Gasteiger partial charge on any atom is 0.0449 e. The Balaban J connectivity index is 2.66. The van der Waals surface area contributed by atoms with Crippen LogP contribution in [0.1, 0.15) is 40.0 Å². The Kier molecular flexibility index (Phi) is 5.77. The maximum absolute atomic E-state index is 8.89. The normalized spacial score (nSPS) is 30.2. The molecule has 1 fully saturated rings. The fraction of sp³-hybridized carbons (Fsp3) is 1.00. The summed E-state index contributed by atoms with van der Waals surface area (Å²) in [6.45, 7) is 7.81. The Morgan fingerprint density at radius 2 is 2.18 bits per heavy atom. The SMILES string of the molecule is CC(CCCO)NC1(CN)CSCCC1(C)C. The van der Waals surface area contributed by atoms with Gasteiger partial charge in [0.1, 0.15) is 0 Å². The molecule has 1 rings (SSSR count). The summed E-state index contributed by atoms with van der Waals surface area (Å²) in [7, 11) is 0. The number of aliphatic hydroxyl groups is 1. The minimum atomic E-state index is 0.0464. The Hall–Kier alpha value is 0.230. The summed E-state index contributed by atoms with van der Waals surface area (Å²) in [4.78, 5) is 0. The van der Waals surface area contributed by atoms with Gasteiger partial charge in [-0.05, 0) is 37.4 Å². The molecule has 0 aromatic rings. The van der Waals surface area contributed by atoms with E-state index in [1.165, 1.54) is 12.2 Å². The van der Waals surface area contributed by atoms with Gasteiger partial charge in [0.2, 0.25) is 0 Å². The third kappa shape index (κ3) is 3.60. The van der Waals surface area contributed by atoms with Crippen LogP contribution in [-0.2, 0) is 0 Å². The maximum atomic E-state index is 8.89. The van der Waals surface area contributed by atoms with Crippen molar-refractivity contribution in [2.75, 3.05) is 24.7 Å². The van der Waals surface area contributed by atoms with Crippen LogP contribution in [0, 0.1) is 5.41 Å². The zero-order chi connectivity index (χ0) is 12.9. The summed E-state index contributed by atoms with van der Waals surface area (Å²) in [5.41, 5.74) is 6.36. The number of hydrogen-bond donors (Lipinski definition) is 3. The Morgan fingerprint density at radius 3 is 2.71 bits per heavy atom. The van der Waals surface area contributed by atoms with Crippen LogP contribution < -0.4 is 11.1 Å². The van der Waals surface area contributed by atoms with Crippen molar-refractivity contribution in [2.45, 2.75) is 51.6 Å². The molecule has 1 aliphatic heterocycles. The lowest BCUT2D eigenvalue weighted by atomic mass is 9.70. The van der Waals surface area contributed by atoms with E-state index in [4.69, 9.17) is 10.8 Å². The number of thioether (sulfide) groups is 1. The van der Waals surface area contributed by atoms with Gasteiger partial charge in [-0.2, -0.15) is 11.8 Å². The molecule has 2 unspecified atom stereocenters. The second kappa shape index (κ2) is 6.41. The van der Waals surface area contributed by atoms with Crippen molar-refractivity contribution in [1.29, 1.82) is 0 Å². The molecule has 4 heteroatoms. The molecule has 0 aromatic carbocycles. The van der Waals surface area contributed by atoms with Crippen molar-refractivity contribution in [3.63, 3.8) is 0 Å². The van der Waals surface area contributed by atoms with Crippen molar-refractivity contribution in [3.05, 3.63) is 0 Å². The first-order valence-corrected chi connectivity index (χ1v) is 7.79. The summed E-state index contributed by atoms with van der Waals surface area (Å²) < 4.78 is 0. The molecule has 0 aromatic heterocycles. The molecule has 1 saturated heterocycles. The quantitative estimate of drug-likeness (QED) is 0.679. The molecule has 3 nitrogen and oxygen atoms in total. The average Bonchev–Trinajstić information content (AvgIpc) is 2.29. The third-order valence-corrected chi connectivity index (χ3v) is 5.37. The minimum absolute atomic E-state index is 0.0464. The topological polar surface area (TPSA) is 58.3 Å². The second-order valence-electron chi connectivity index (χ2n) is 5.88. The highest BCUT2D eigenvalue weighted by molar-refractivity contribution is 7.99. The molecule has 102 valence electrons. The molecule has 0 bridgehead atoms. The van der Waals surface area contributed by atoms with Crippen molar-refractivity contribution in [2.24, 2.45) is 11.1 Å². The van der Waals surface area contributed by atoms with Crippen molar-refractivity contribution >= 4 is 11.8 Å². The zero-order valence-electron chi connectivity index (χ0n) is 11.5. The van der Waals surface area contributed by atoms with E-state index in [-0.39, 0.29) is 17.6 Å². The number of hydrogen-bond acceptors (Lipinski definition) is 4. The molecule has 2 atom stereocenters. The highest BCUT2D eigenvalue weighted by Crippen LogP contribution is 2.42. The van der Waals surface area contributed by atoms with Crippen LogP contribution in [0.4, 0.5) is 0 Å². The second-order valence-corrected chi connectivity index (χ2v) is 6.99. The van der Waals surface area contributed by atoms with Crippen LogP contribution in [-0.4, -0.2) is 41.3 Å². The summed E-state index contributed by atoms with van der Waals surface area (Å²) in [6, 6.07) is 0.420. The first-order valence-electron chi connectivity index (χ1n) is 6.64. The predicted molar refractivity (Wildman–Crippen MR) is 76.4 cm³/mol. The standard InChI is InChI=1S/C13H28N2OS/c1-11(5-4-7-16)15-13(9-14)10-17-8-6-12(13,2)3/h11,15-16H,4-10,14H2,1-3H3. The van der Waals surface area contributed by atoms with E-state index in [0.717, 1.165) is 18.6 Å². The van der Waals surface area contributed by atoms with Crippen molar-refractivity contribution < 1.29 is 5.11 Å². The Labute approximate surface area is 110 Å². The van der Waals surface area contributed by atoms with Gasteiger partial charge in [-0.1, -0.05) is 13.8 Å². The van der Waals surface area contributed by atoms with Gasteiger partial charge in [0.05, 0.1) is 0 Å². The van der Waals surface area contributed by atoms with Gasteiger partial charge in [-0.3, -0.25) is 0 Å². The van der Waals surface area contributed by atoms with Crippen LogP contribution >= 0.6 is 11.8 Å². The van der Waals surface area contributed by atoms with Crippen LogP contribution in [0.15, 0.2) is 0 Å². The summed E-state index contributed by atoms with van der Waals surface area (Å²) in [5, 5.41) is 12.6. The molecule has 1 aliphatic rings. The van der Waals surface area contributed by atoms with Crippen LogP contribution in [0.5, 0.6) is 0 Å². The van der Waals surface area contributed by atoms with E-state index in [2.05, 4.69) is 26.1 Å². The fourth-order valence-corrected chi connectivity index (χ4v) is 4.32. The molecule has 17 heavy (non-hydrogen) atoms. The predicted octanol–water partition coefficient (Wildman–Crippen LogP) is 1.60. The molecular formula is C13H28N2OS. The molecular weight excluding hydrogens is 232 g/mol. The van der Waals surface area contributed by atoms with E-state index < -0.39 is 0 Å². The molecule has 4 N–H and O–H groups in total. The van der Waals surface area contributed by atoms with E-state index in [9.17, 15) is 0 Å². The fourth-order valence-electron chi connectivity index (χ4n) is 2.58. The number of aliphatic hydroxyl groups excluding tert-OH is 1. The molecule has 0 spiro atoms. The molecule has 1 heterocycles. The zero-order valence-corrected chi connectivity index (χ0v) is 12.3. The van der Waals surface area contributed by atoms with Gasteiger partial charge in [0.15, 0.2) is 0 Å². The molecule has 0 radical (unpaired) electrons. The highest BCUT2D eigenvalue weighted by atomic mass is 32.2. The van der Waals surface area contributed by atoms with Gasteiger partial charge in [-0.25, -0.2) is 0 Å². The van der Waals surface area contributed by atoms with Crippen molar-refractivity contribution in [3.8, 4) is 0 Å². The van der Waals surface area contributed by atoms with Crippen LogP contribution in [0.3, 0.4) is 0 Å². The first kappa shape index (κ1) is 15.3. The van der Waals surface area contributed by atoms with Gasteiger partial charge in [0.25, 0.3) is 0 Å². The summed E-state index contributed by atoms with van der Waals surface area (Å²) in [6.07, 6.45) is 3.09. The van der Waals surface area contributed by atoms with E-state index in [0.29, 0.717) is 12.6 Å². The van der Waals surface area contributed by atoms with E-state index in [1.54, 1.807) is 0 Å². The monoisotopic (exact) mass is 260 g/mol. The lowest BCUT2D eigenvalue weighted by Crippen LogP contribution is -2.66. The lowest BCUT2D eigenvalue weighted by Gasteiger charge is -2.51. The number of nitrogens with two attached hydrogens (primary N) is 1. The van der Waals surface area contributed by atoms with Gasteiger partial charge < -0.3 is 16.2 Å². The van der Waals surface area contributed by atoms with Gasteiger partial charge in [0, 0.05) is 30.5 Å². The van der Waals surface area contributed by atoms with Gasteiger partial charge in [-0.15, -0.1) is 0 Å². The molecule has 0 amide bonds. The molecule has 0 aliphatic carbocycles. The smallest absolute Gasteiger partial charge is 0.0449 e. The summed E-state index contributed by atoms with van der Waals surface area (Å²) >= 11 is 2.00. The summed E-state index contributed by atoms with van der Waals surface area (Å²) in [5.74, 6) is 2.33. The minimum Gasteiger partial charge on any atom is -0.396 e. The number of rotatable bonds is 6. The first-order chi connectivity index (χ1) is 7.97. The molecule has 0 saturated carbocycles. The van der Waals surface area contributed by atoms with E-state index >= 15 is 0 Å². The van der Waals surface area contributed by atoms with Crippen LogP contribution in [0.25, 0.3) is 0 Å². The largest absolute Gasteiger partial charge is 0.396 e. The van der Waals surface area contributed by atoms with E-state index in [1.807, 2.05) is 11.8 Å². The highest BCUT2D eigenvalue weighted by Gasteiger charge is 2.46. The van der Waals surface area contributed by atoms with Crippen LogP contribution in [0.2, 0.25) is 0 Å². The number of nitrogens with one attached hydrogen (secondary N) is 1.